The van der Waals surface area contributed by atoms with Crippen LogP contribution in [0.2, 0.25) is 0 Å². The summed E-state index contributed by atoms with van der Waals surface area (Å²) in [6.07, 6.45) is -5.13. The summed E-state index contributed by atoms with van der Waals surface area (Å²) in [5.74, 6) is -0.558. The van der Waals surface area contributed by atoms with Gasteiger partial charge >= 0.3 is 12.1 Å². The molecule has 1 heterocycles. The number of rotatable bonds is 8. The maximum Gasteiger partial charge on any atom is 0.416 e. The van der Waals surface area contributed by atoms with Crippen LogP contribution in [0, 0.1) is 0 Å². The number of nitrogens with zero attached hydrogens (tertiary/aromatic N) is 1. The third-order valence-electron chi connectivity index (χ3n) is 3.79. The van der Waals surface area contributed by atoms with E-state index in [9.17, 15) is 26.4 Å². The number of alkyl halides is 3. The summed E-state index contributed by atoms with van der Waals surface area (Å²) in [5.41, 5.74) is -0.976. The van der Waals surface area contributed by atoms with Crippen molar-refractivity contribution >= 4 is 16.0 Å². The molecule has 0 bridgehead atoms. The van der Waals surface area contributed by atoms with Crippen molar-refractivity contribution < 1.29 is 35.9 Å². The van der Waals surface area contributed by atoms with Crippen LogP contribution < -0.4 is 0 Å². The maximum atomic E-state index is 13.2. The first kappa shape index (κ1) is 20.7. The molecule has 1 aliphatic rings. The van der Waals surface area contributed by atoms with Crippen LogP contribution in [0.3, 0.4) is 0 Å². The van der Waals surface area contributed by atoms with E-state index in [1.165, 1.54) is 7.05 Å². The van der Waals surface area contributed by atoms with E-state index in [2.05, 4.69) is 0 Å². The standard InChI is InChI=1S/C16H20F3NO5S/c1-3-24-15(21)5-4-11-6-12(16(17,18)19)8-14(7-11)26(22,23)20(2)9-13-10-25-13/h6-8,13H,3-5,9-10H2,1-2H3. The van der Waals surface area contributed by atoms with Crippen molar-refractivity contribution in [1.29, 1.82) is 0 Å². The van der Waals surface area contributed by atoms with Crippen molar-refractivity contribution in [3.05, 3.63) is 29.3 Å². The van der Waals surface area contributed by atoms with Crippen molar-refractivity contribution in [2.75, 3.05) is 26.8 Å². The highest BCUT2D eigenvalue weighted by molar-refractivity contribution is 7.89. The molecule has 0 spiro atoms. The smallest absolute Gasteiger partial charge is 0.416 e. The molecular formula is C16H20F3NO5S. The number of sulfonamides is 1. The van der Waals surface area contributed by atoms with Gasteiger partial charge in [-0.2, -0.15) is 17.5 Å². The molecule has 0 aromatic heterocycles. The summed E-state index contributed by atoms with van der Waals surface area (Å²) in [5, 5.41) is 0. The Hall–Kier alpha value is -1.65. The molecular weight excluding hydrogens is 375 g/mol. The Morgan fingerprint density at radius 3 is 2.54 bits per heavy atom. The zero-order valence-corrected chi connectivity index (χ0v) is 15.2. The Labute approximate surface area is 149 Å². The number of ether oxygens (including phenoxy) is 2. The number of benzene rings is 1. The topological polar surface area (TPSA) is 76.2 Å². The molecule has 0 N–H and O–H groups in total. The molecule has 0 saturated carbocycles. The van der Waals surface area contributed by atoms with Gasteiger partial charge in [0.2, 0.25) is 10.0 Å². The third-order valence-corrected chi connectivity index (χ3v) is 5.59. The minimum absolute atomic E-state index is 0.0548. The summed E-state index contributed by atoms with van der Waals surface area (Å²) < 4.78 is 75.3. The SMILES string of the molecule is CCOC(=O)CCc1cc(C(F)(F)F)cc(S(=O)(=O)N(C)CC2CO2)c1. The number of aryl methyl sites for hydroxylation is 1. The van der Waals surface area contributed by atoms with Gasteiger partial charge in [-0.05, 0) is 37.1 Å². The molecule has 1 saturated heterocycles. The molecule has 2 rings (SSSR count). The van der Waals surface area contributed by atoms with Crippen LogP contribution in [0.1, 0.15) is 24.5 Å². The first-order valence-electron chi connectivity index (χ1n) is 7.98. The second kappa shape index (κ2) is 7.93. The molecule has 1 aromatic carbocycles. The minimum atomic E-state index is -4.71. The van der Waals surface area contributed by atoms with Gasteiger partial charge in [0, 0.05) is 20.0 Å². The molecule has 146 valence electrons. The number of carbonyl (C=O) groups is 1. The molecule has 0 radical (unpaired) electrons. The van der Waals surface area contributed by atoms with Gasteiger partial charge in [0.15, 0.2) is 0 Å². The zero-order valence-electron chi connectivity index (χ0n) is 14.4. The molecule has 0 amide bonds. The lowest BCUT2D eigenvalue weighted by molar-refractivity contribution is -0.143. The third kappa shape index (κ3) is 5.42. The minimum Gasteiger partial charge on any atom is -0.466 e. The number of epoxide rings is 1. The van der Waals surface area contributed by atoms with Gasteiger partial charge in [-0.25, -0.2) is 8.42 Å². The van der Waals surface area contributed by atoms with Crippen LogP contribution >= 0.6 is 0 Å². The van der Waals surface area contributed by atoms with Gasteiger partial charge in [-0.1, -0.05) is 0 Å². The van der Waals surface area contributed by atoms with Crippen molar-refractivity contribution in [2.45, 2.75) is 36.9 Å². The lowest BCUT2D eigenvalue weighted by Crippen LogP contribution is -2.30. The Kier molecular flexibility index (Phi) is 6.30. The normalized spacial score (nSPS) is 17.4. The van der Waals surface area contributed by atoms with E-state index >= 15 is 0 Å². The quantitative estimate of drug-likeness (QED) is 0.498. The molecule has 26 heavy (non-hydrogen) atoms. The van der Waals surface area contributed by atoms with E-state index in [4.69, 9.17) is 9.47 Å². The van der Waals surface area contributed by atoms with Crippen molar-refractivity contribution in [3.8, 4) is 0 Å². The van der Waals surface area contributed by atoms with Crippen molar-refractivity contribution in [2.24, 2.45) is 0 Å². The van der Waals surface area contributed by atoms with Crippen molar-refractivity contribution in [1.82, 2.24) is 4.31 Å². The number of likely N-dealkylation sites (N-methyl/N-ethyl adjacent to an activating group) is 1. The summed E-state index contributed by atoms with van der Waals surface area (Å²) in [4.78, 5) is 11.0. The molecule has 1 aliphatic heterocycles. The van der Waals surface area contributed by atoms with Crippen LogP contribution in [0.25, 0.3) is 0 Å². The van der Waals surface area contributed by atoms with Gasteiger partial charge in [0.25, 0.3) is 0 Å². The Morgan fingerprint density at radius 2 is 2.00 bits per heavy atom. The maximum absolute atomic E-state index is 13.2. The largest absolute Gasteiger partial charge is 0.466 e. The van der Waals surface area contributed by atoms with E-state index in [0.717, 1.165) is 16.4 Å². The average molecular weight is 395 g/mol. The van der Waals surface area contributed by atoms with Crippen LogP contribution in [0.15, 0.2) is 23.1 Å². The summed E-state index contributed by atoms with van der Waals surface area (Å²) in [6.45, 7) is 2.27. The number of carbonyl (C=O) groups excluding carboxylic acids is 1. The summed E-state index contributed by atoms with van der Waals surface area (Å²) >= 11 is 0. The van der Waals surface area contributed by atoms with E-state index in [-0.39, 0.29) is 37.7 Å². The van der Waals surface area contributed by atoms with Crippen LogP contribution in [-0.2, 0) is 36.9 Å². The monoisotopic (exact) mass is 395 g/mol. The number of hydrogen-bond acceptors (Lipinski definition) is 5. The van der Waals surface area contributed by atoms with Gasteiger partial charge in [0.05, 0.1) is 29.8 Å². The molecule has 1 unspecified atom stereocenters. The predicted molar refractivity (Wildman–Crippen MR) is 86.0 cm³/mol. The first-order valence-corrected chi connectivity index (χ1v) is 9.42. The van der Waals surface area contributed by atoms with Gasteiger partial charge in [-0.3, -0.25) is 4.79 Å². The van der Waals surface area contributed by atoms with Gasteiger partial charge in [0.1, 0.15) is 0 Å². The van der Waals surface area contributed by atoms with E-state index in [0.29, 0.717) is 12.7 Å². The second-order valence-corrected chi connectivity index (χ2v) is 7.95. The van der Waals surface area contributed by atoms with Gasteiger partial charge < -0.3 is 9.47 Å². The molecule has 1 aromatic rings. The van der Waals surface area contributed by atoms with Gasteiger partial charge in [-0.15, -0.1) is 0 Å². The zero-order chi connectivity index (χ0) is 19.5. The molecule has 10 heteroatoms. The van der Waals surface area contributed by atoms with Crippen LogP contribution in [-0.4, -0.2) is 51.6 Å². The molecule has 1 atom stereocenters. The fourth-order valence-electron chi connectivity index (χ4n) is 2.34. The second-order valence-electron chi connectivity index (χ2n) is 5.91. The Bertz CT molecular complexity index is 760. The molecule has 6 nitrogen and oxygen atoms in total. The summed E-state index contributed by atoms with van der Waals surface area (Å²) in [6, 6.07) is 2.61. The van der Waals surface area contributed by atoms with E-state index < -0.39 is 32.6 Å². The van der Waals surface area contributed by atoms with Crippen LogP contribution in [0.5, 0.6) is 0 Å². The van der Waals surface area contributed by atoms with Crippen molar-refractivity contribution in [3.63, 3.8) is 0 Å². The predicted octanol–water partition coefficient (Wildman–Crippen LogP) is 2.22. The fraction of sp³-hybridized carbons (Fsp3) is 0.562. The Morgan fingerprint density at radius 1 is 1.35 bits per heavy atom. The lowest BCUT2D eigenvalue weighted by Gasteiger charge is -2.18. The molecule has 0 aliphatic carbocycles. The van der Waals surface area contributed by atoms with Crippen LogP contribution in [0.4, 0.5) is 13.2 Å². The highest BCUT2D eigenvalue weighted by Crippen LogP contribution is 2.33. The highest BCUT2D eigenvalue weighted by atomic mass is 32.2. The highest BCUT2D eigenvalue weighted by Gasteiger charge is 2.35. The number of halogens is 3. The fourth-order valence-corrected chi connectivity index (χ4v) is 3.63. The number of hydrogen-bond donors (Lipinski definition) is 0. The Balaban J connectivity index is 2.31. The number of esters is 1. The lowest BCUT2D eigenvalue weighted by atomic mass is 10.1. The molecule has 1 fully saturated rings. The summed E-state index contributed by atoms with van der Waals surface area (Å²) in [7, 11) is -2.82. The van der Waals surface area contributed by atoms with E-state index in [1.807, 2.05) is 0 Å². The first-order chi connectivity index (χ1) is 12.0. The van der Waals surface area contributed by atoms with E-state index in [1.54, 1.807) is 6.92 Å². The average Bonchev–Trinajstić information content (AvgIpc) is 3.36.